The Balaban J connectivity index is 1.53. The lowest BCUT2D eigenvalue weighted by Gasteiger charge is -2.09. The van der Waals surface area contributed by atoms with E-state index in [1.54, 1.807) is 4.40 Å². The first-order valence-electron chi connectivity index (χ1n) is 9.07. The second kappa shape index (κ2) is 7.61. The molecule has 5 rings (SSSR count). The van der Waals surface area contributed by atoms with Crippen molar-refractivity contribution in [3.05, 3.63) is 102 Å². The summed E-state index contributed by atoms with van der Waals surface area (Å²) in [7, 11) is 0. The van der Waals surface area contributed by atoms with E-state index < -0.39 is 0 Å². The third-order valence-electron chi connectivity index (χ3n) is 4.66. The van der Waals surface area contributed by atoms with Crippen LogP contribution in [0.25, 0.3) is 22.1 Å². The summed E-state index contributed by atoms with van der Waals surface area (Å²) in [6.07, 6.45) is 1.89. The van der Waals surface area contributed by atoms with Crippen molar-refractivity contribution in [2.24, 2.45) is 0 Å². The fourth-order valence-electron chi connectivity index (χ4n) is 3.23. The van der Waals surface area contributed by atoms with Gasteiger partial charge < -0.3 is 4.74 Å². The van der Waals surface area contributed by atoms with Crippen LogP contribution < -0.4 is 14.8 Å². The van der Waals surface area contributed by atoms with Gasteiger partial charge in [0.2, 0.25) is 0 Å². The predicted molar refractivity (Wildman–Crippen MR) is 126 cm³/mol. The minimum absolute atomic E-state index is 0.0499. The highest BCUT2D eigenvalue weighted by molar-refractivity contribution is 14.1. The molecule has 0 atom stereocenters. The maximum Gasteiger partial charge on any atom is 0.274 e. The number of hydrogen-bond donors (Lipinski definition) is 0. The summed E-state index contributed by atoms with van der Waals surface area (Å²) >= 11 is 3.68. The molecule has 0 aliphatic carbocycles. The maximum atomic E-state index is 13.0. The standard InChI is InChI=1S/C23H15IN2O2S/c24-17-11-9-15(10-12-17)14-28-20-8-4-1-5-16(20)13-21-22(27)26-19-7-3-2-6-18(19)25-23(26)29-21/h1-13H,14H2/b21-13-. The number of rotatable bonds is 4. The van der Waals surface area contributed by atoms with E-state index in [0.717, 1.165) is 27.9 Å². The third kappa shape index (κ3) is 3.54. The Morgan fingerprint density at radius 2 is 1.76 bits per heavy atom. The van der Waals surface area contributed by atoms with Crippen LogP contribution in [0.3, 0.4) is 0 Å². The van der Waals surface area contributed by atoms with Crippen molar-refractivity contribution in [1.29, 1.82) is 0 Å². The minimum atomic E-state index is -0.0499. The van der Waals surface area contributed by atoms with Gasteiger partial charge in [0.15, 0.2) is 4.96 Å². The van der Waals surface area contributed by atoms with E-state index in [1.165, 1.54) is 14.9 Å². The molecule has 2 heterocycles. The van der Waals surface area contributed by atoms with Gasteiger partial charge in [0.1, 0.15) is 12.4 Å². The minimum Gasteiger partial charge on any atom is -0.488 e. The lowest BCUT2D eigenvalue weighted by Crippen LogP contribution is -2.22. The third-order valence-corrected chi connectivity index (χ3v) is 6.35. The molecule has 29 heavy (non-hydrogen) atoms. The van der Waals surface area contributed by atoms with Crippen LogP contribution in [0.4, 0.5) is 0 Å². The average molecular weight is 510 g/mol. The van der Waals surface area contributed by atoms with Crippen LogP contribution in [0, 0.1) is 3.57 Å². The van der Waals surface area contributed by atoms with Gasteiger partial charge >= 0.3 is 0 Å². The molecule has 0 radical (unpaired) electrons. The first kappa shape index (κ1) is 18.3. The van der Waals surface area contributed by atoms with Crippen LogP contribution in [0.5, 0.6) is 5.75 Å². The molecule has 0 unspecified atom stereocenters. The van der Waals surface area contributed by atoms with Crippen LogP contribution in [-0.2, 0) is 6.61 Å². The number of aromatic nitrogens is 2. The van der Waals surface area contributed by atoms with Gasteiger partial charge in [-0.1, -0.05) is 53.8 Å². The zero-order valence-electron chi connectivity index (χ0n) is 15.2. The zero-order valence-corrected chi connectivity index (χ0v) is 18.2. The van der Waals surface area contributed by atoms with Crippen molar-refractivity contribution >= 4 is 56.0 Å². The number of thiazole rings is 1. The normalized spacial score (nSPS) is 12.1. The number of fused-ring (bicyclic) bond motifs is 3. The highest BCUT2D eigenvalue weighted by atomic mass is 127. The van der Waals surface area contributed by atoms with E-state index in [1.807, 2.05) is 54.6 Å². The number of benzene rings is 3. The quantitative estimate of drug-likeness (QED) is 0.331. The summed E-state index contributed by atoms with van der Waals surface area (Å²) < 4.78 is 9.56. The summed E-state index contributed by atoms with van der Waals surface area (Å²) in [6, 6.07) is 23.7. The van der Waals surface area contributed by atoms with Gasteiger partial charge in [-0.25, -0.2) is 9.38 Å². The Morgan fingerprint density at radius 3 is 2.62 bits per heavy atom. The zero-order chi connectivity index (χ0) is 19.8. The van der Waals surface area contributed by atoms with Crippen LogP contribution in [-0.4, -0.2) is 9.38 Å². The predicted octanol–water partition coefficient (Wildman–Crippen LogP) is 4.64. The molecule has 0 fully saturated rings. The fourth-order valence-corrected chi connectivity index (χ4v) is 4.56. The van der Waals surface area contributed by atoms with Gasteiger partial charge in [0, 0.05) is 9.13 Å². The van der Waals surface area contributed by atoms with Crippen LogP contribution in [0.1, 0.15) is 11.1 Å². The summed E-state index contributed by atoms with van der Waals surface area (Å²) in [6.45, 7) is 0.477. The molecule has 0 aliphatic heterocycles. The molecule has 0 saturated carbocycles. The molecule has 0 bridgehead atoms. The van der Waals surface area contributed by atoms with Crippen molar-refractivity contribution < 1.29 is 4.74 Å². The summed E-state index contributed by atoms with van der Waals surface area (Å²) in [4.78, 5) is 18.3. The molecule has 0 spiro atoms. The number of para-hydroxylation sites is 3. The largest absolute Gasteiger partial charge is 0.488 e. The number of ether oxygens (including phenoxy) is 1. The molecular formula is C23H15IN2O2S. The van der Waals surface area contributed by atoms with Gasteiger partial charge in [0.05, 0.1) is 15.6 Å². The van der Waals surface area contributed by atoms with Gasteiger partial charge in [-0.2, -0.15) is 0 Å². The maximum absolute atomic E-state index is 13.0. The van der Waals surface area contributed by atoms with Gasteiger partial charge in [0.25, 0.3) is 5.56 Å². The summed E-state index contributed by atoms with van der Waals surface area (Å²) in [5, 5.41) is 0. The molecule has 3 aromatic carbocycles. The number of imidazole rings is 1. The molecule has 0 aliphatic rings. The second-order valence-corrected chi connectivity index (χ2v) is 8.84. The smallest absolute Gasteiger partial charge is 0.274 e. The van der Waals surface area contributed by atoms with E-state index in [2.05, 4.69) is 51.8 Å². The lowest BCUT2D eigenvalue weighted by atomic mass is 10.2. The van der Waals surface area contributed by atoms with Crippen LogP contribution in [0.15, 0.2) is 77.6 Å². The topological polar surface area (TPSA) is 43.6 Å². The summed E-state index contributed by atoms with van der Waals surface area (Å²) in [5.41, 5.74) is 3.61. The van der Waals surface area contributed by atoms with Crippen molar-refractivity contribution in [3.63, 3.8) is 0 Å². The lowest BCUT2D eigenvalue weighted by molar-refractivity contribution is 0.305. The molecule has 0 amide bonds. The Bertz CT molecular complexity index is 1440. The SMILES string of the molecule is O=c1/c(=C/c2ccccc2OCc2ccc(I)cc2)sc2nc3ccccc3n12. The van der Waals surface area contributed by atoms with Gasteiger partial charge in [-0.3, -0.25) is 4.79 Å². The molecule has 142 valence electrons. The first-order valence-corrected chi connectivity index (χ1v) is 11.0. The van der Waals surface area contributed by atoms with E-state index in [0.29, 0.717) is 16.1 Å². The van der Waals surface area contributed by atoms with E-state index in [9.17, 15) is 4.79 Å². The summed E-state index contributed by atoms with van der Waals surface area (Å²) in [5.74, 6) is 0.751. The Hall–Kier alpha value is -2.71. The molecule has 0 N–H and O–H groups in total. The number of nitrogens with zero attached hydrogens (tertiary/aromatic N) is 2. The fraction of sp³-hybridized carbons (Fsp3) is 0.0435. The highest BCUT2D eigenvalue weighted by Gasteiger charge is 2.11. The van der Waals surface area contributed by atoms with E-state index >= 15 is 0 Å². The van der Waals surface area contributed by atoms with Crippen LogP contribution in [0.2, 0.25) is 0 Å². The Labute approximate surface area is 184 Å². The molecule has 4 nitrogen and oxygen atoms in total. The average Bonchev–Trinajstić information content (AvgIpc) is 3.25. The van der Waals surface area contributed by atoms with E-state index in [4.69, 9.17) is 4.74 Å². The Kier molecular flexibility index (Phi) is 4.81. The van der Waals surface area contributed by atoms with E-state index in [-0.39, 0.29) is 5.56 Å². The first-order chi connectivity index (χ1) is 14.2. The highest BCUT2D eigenvalue weighted by Crippen LogP contribution is 2.21. The van der Waals surface area contributed by atoms with Gasteiger partial charge in [-0.05, 0) is 64.6 Å². The number of hydrogen-bond acceptors (Lipinski definition) is 4. The second-order valence-electron chi connectivity index (χ2n) is 6.59. The molecular weight excluding hydrogens is 495 g/mol. The van der Waals surface area contributed by atoms with Crippen molar-refractivity contribution in [3.8, 4) is 5.75 Å². The van der Waals surface area contributed by atoms with Crippen molar-refractivity contribution in [1.82, 2.24) is 9.38 Å². The number of halogens is 1. The monoisotopic (exact) mass is 510 g/mol. The molecule has 0 saturated heterocycles. The van der Waals surface area contributed by atoms with Gasteiger partial charge in [-0.15, -0.1) is 0 Å². The Morgan fingerprint density at radius 1 is 1.00 bits per heavy atom. The van der Waals surface area contributed by atoms with Crippen molar-refractivity contribution in [2.45, 2.75) is 6.61 Å². The van der Waals surface area contributed by atoms with Crippen molar-refractivity contribution in [2.75, 3.05) is 0 Å². The molecule has 2 aromatic heterocycles. The molecule has 5 aromatic rings. The molecule has 6 heteroatoms. The van der Waals surface area contributed by atoms with Crippen LogP contribution >= 0.6 is 33.9 Å².